The second-order valence-corrected chi connectivity index (χ2v) is 3.77. The van der Waals surface area contributed by atoms with Crippen LogP contribution in [0.3, 0.4) is 0 Å². The molecule has 2 aromatic rings. The first-order valence-electron chi connectivity index (χ1n) is 4.90. The first kappa shape index (κ1) is 11.5. The Bertz CT molecular complexity index is 452. The molecule has 2 N–H and O–H groups in total. The van der Waals surface area contributed by atoms with Gasteiger partial charge in [0, 0.05) is 12.4 Å². The molecular weight excluding hydrogens is 240 g/mol. The van der Waals surface area contributed by atoms with Gasteiger partial charge in [-0.05, 0) is 0 Å². The zero-order valence-corrected chi connectivity index (χ0v) is 10.3. The van der Waals surface area contributed by atoms with Gasteiger partial charge in [0.1, 0.15) is 0 Å². The predicted molar refractivity (Wildman–Crippen MR) is 65.4 cm³/mol. The molecule has 2 heterocycles. The summed E-state index contributed by atoms with van der Waals surface area (Å²) in [7, 11) is 3.25. The summed E-state index contributed by atoms with van der Waals surface area (Å²) in [4.78, 5) is 16.4. The van der Waals surface area contributed by atoms with Crippen LogP contribution < -0.4 is 15.4 Å². The maximum atomic E-state index is 4.98. The van der Waals surface area contributed by atoms with Crippen LogP contribution in [0.2, 0.25) is 0 Å². The molecule has 0 unspecified atom stereocenters. The van der Waals surface area contributed by atoms with E-state index >= 15 is 0 Å². The summed E-state index contributed by atoms with van der Waals surface area (Å²) >= 11 is 1.55. The maximum absolute atomic E-state index is 4.98. The van der Waals surface area contributed by atoms with E-state index in [0.29, 0.717) is 18.4 Å². The molecule has 0 aliphatic carbocycles. The fourth-order valence-corrected chi connectivity index (χ4v) is 1.69. The summed E-state index contributed by atoms with van der Waals surface area (Å²) in [6, 6.07) is 0.269. The number of hydrogen-bond acceptors (Lipinski definition) is 8. The number of thiazole rings is 1. The third-order valence-electron chi connectivity index (χ3n) is 1.93. The first-order chi connectivity index (χ1) is 8.31. The van der Waals surface area contributed by atoms with E-state index in [-0.39, 0.29) is 6.01 Å². The molecule has 8 heteroatoms. The van der Waals surface area contributed by atoms with E-state index in [1.165, 1.54) is 7.11 Å². The number of anilines is 2. The highest BCUT2D eigenvalue weighted by atomic mass is 32.1. The van der Waals surface area contributed by atoms with E-state index in [9.17, 15) is 0 Å². The van der Waals surface area contributed by atoms with Gasteiger partial charge in [-0.2, -0.15) is 15.0 Å². The fourth-order valence-electron chi connectivity index (χ4n) is 1.13. The highest BCUT2D eigenvalue weighted by molar-refractivity contribution is 7.07. The highest BCUT2D eigenvalue weighted by Gasteiger charge is 2.05. The van der Waals surface area contributed by atoms with Gasteiger partial charge < -0.3 is 15.4 Å². The molecule has 0 fully saturated rings. The number of aromatic nitrogens is 4. The smallest absolute Gasteiger partial charge is 0.322 e. The van der Waals surface area contributed by atoms with Gasteiger partial charge in [0.25, 0.3) is 0 Å². The lowest BCUT2D eigenvalue weighted by Gasteiger charge is -2.06. The summed E-state index contributed by atoms with van der Waals surface area (Å²) in [5, 5.41) is 7.86. The van der Waals surface area contributed by atoms with Gasteiger partial charge in [-0.15, -0.1) is 11.3 Å². The molecule has 2 rings (SSSR count). The zero-order chi connectivity index (χ0) is 12.1. The lowest BCUT2D eigenvalue weighted by molar-refractivity contribution is 0.379. The monoisotopic (exact) mass is 252 g/mol. The molecule has 90 valence electrons. The lowest BCUT2D eigenvalue weighted by Crippen LogP contribution is -2.08. The Labute approximate surface area is 102 Å². The SMILES string of the molecule is CNc1nc(NCc2cscn2)nc(OC)n1. The average molecular weight is 252 g/mol. The molecule has 0 radical (unpaired) electrons. The van der Waals surface area contributed by atoms with Crippen LogP contribution in [0.1, 0.15) is 5.69 Å². The highest BCUT2D eigenvalue weighted by Crippen LogP contribution is 2.11. The third-order valence-corrected chi connectivity index (χ3v) is 2.57. The van der Waals surface area contributed by atoms with Crippen molar-refractivity contribution >= 4 is 23.2 Å². The van der Waals surface area contributed by atoms with Gasteiger partial charge in [-0.1, -0.05) is 0 Å². The van der Waals surface area contributed by atoms with Gasteiger partial charge >= 0.3 is 6.01 Å². The van der Waals surface area contributed by atoms with Crippen LogP contribution in [-0.4, -0.2) is 34.1 Å². The standard InChI is InChI=1S/C9H12N6OS/c1-10-7-13-8(15-9(14-7)16-2)11-3-6-4-17-5-12-6/h4-5H,3H2,1-2H3,(H2,10,11,13,14,15). The summed E-state index contributed by atoms with van der Waals surface area (Å²) in [6.45, 7) is 0.569. The van der Waals surface area contributed by atoms with E-state index in [2.05, 4.69) is 30.6 Å². The minimum absolute atomic E-state index is 0.269. The normalized spacial score (nSPS) is 10.0. The van der Waals surface area contributed by atoms with Crippen LogP contribution in [0.4, 0.5) is 11.9 Å². The zero-order valence-electron chi connectivity index (χ0n) is 9.47. The average Bonchev–Trinajstić information content (AvgIpc) is 2.89. The second-order valence-electron chi connectivity index (χ2n) is 3.05. The van der Waals surface area contributed by atoms with Crippen LogP contribution in [0.5, 0.6) is 6.01 Å². The van der Waals surface area contributed by atoms with Crippen LogP contribution in [0.25, 0.3) is 0 Å². The molecule has 0 bridgehead atoms. The van der Waals surface area contributed by atoms with Crippen LogP contribution in [0, 0.1) is 0 Å². The molecule has 0 saturated carbocycles. The van der Waals surface area contributed by atoms with E-state index in [1.807, 2.05) is 5.38 Å². The molecule has 0 aliphatic heterocycles. The van der Waals surface area contributed by atoms with Crippen molar-refractivity contribution in [2.24, 2.45) is 0 Å². The molecule has 0 aliphatic rings. The van der Waals surface area contributed by atoms with Gasteiger partial charge in [-0.3, -0.25) is 0 Å². The van der Waals surface area contributed by atoms with Crippen molar-refractivity contribution in [2.75, 3.05) is 24.8 Å². The molecule has 0 spiro atoms. The second kappa shape index (κ2) is 5.39. The van der Waals surface area contributed by atoms with Crippen molar-refractivity contribution in [1.82, 2.24) is 19.9 Å². The Morgan fingerprint density at radius 2 is 2.12 bits per heavy atom. The van der Waals surface area contributed by atoms with Crippen molar-refractivity contribution in [3.63, 3.8) is 0 Å². The van der Waals surface area contributed by atoms with Crippen molar-refractivity contribution in [2.45, 2.75) is 6.54 Å². The maximum Gasteiger partial charge on any atom is 0.322 e. The molecule has 7 nitrogen and oxygen atoms in total. The van der Waals surface area contributed by atoms with Crippen molar-refractivity contribution in [3.05, 3.63) is 16.6 Å². The van der Waals surface area contributed by atoms with E-state index in [1.54, 1.807) is 23.9 Å². The molecule has 17 heavy (non-hydrogen) atoms. The Morgan fingerprint density at radius 1 is 1.29 bits per heavy atom. The molecule has 2 aromatic heterocycles. The molecule has 0 saturated heterocycles. The van der Waals surface area contributed by atoms with Gasteiger partial charge in [0.15, 0.2) is 0 Å². The topological polar surface area (TPSA) is 84.9 Å². The van der Waals surface area contributed by atoms with Crippen molar-refractivity contribution in [1.29, 1.82) is 0 Å². The van der Waals surface area contributed by atoms with Gasteiger partial charge in [0.05, 0.1) is 24.9 Å². The van der Waals surface area contributed by atoms with Crippen LogP contribution >= 0.6 is 11.3 Å². The van der Waals surface area contributed by atoms with E-state index in [0.717, 1.165) is 5.69 Å². The van der Waals surface area contributed by atoms with E-state index in [4.69, 9.17) is 4.74 Å². The predicted octanol–water partition coefficient (Wildman–Crippen LogP) is 0.990. The molecule has 0 aromatic carbocycles. The number of ether oxygens (including phenoxy) is 1. The van der Waals surface area contributed by atoms with Crippen LogP contribution in [0.15, 0.2) is 10.9 Å². The van der Waals surface area contributed by atoms with Crippen LogP contribution in [-0.2, 0) is 6.54 Å². The number of nitrogens with one attached hydrogen (secondary N) is 2. The summed E-state index contributed by atoms with van der Waals surface area (Å²) < 4.78 is 4.98. The van der Waals surface area contributed by atoms with Crippen molar-refractivity contribution < 1.29 is 4.74 Å². The number of rotatable bonds is 5. The largest absolute Gasteiger partial charge is 0.467 e. The quantitative estimate of drug-likeness (QED) is 0.820. The minimum atomic E-state index is 0.269. The van der Waals surface area contributed by atoms with E-state index < -0.39 is 0 Å². The minimum Gasteiger partial charge on any atom is -0.467 e. The van der Waals surface area contributed by atoms with Gasteiger partial charge in [0.2, 0.25) is 11.9 Å². The summed E-state index contributed by atoms with van der Waals surface area (Å²) in [5.74, 6) is 0.909. The summed E-state index contributed by atoms with van der Waals surface area (Å²) in [6.07, 6.45) is 0. The third kappa shape index (κ3) is 3.00. The molecule has 0 atom stereocenters. The summed E-state index contributed by atoms with van der Waals surface area (Å²) in [5.41, 5.74) is 2.73. The first-order valence-corrected chi connectivity index (χ1v) is 5.85. The fraction of sp³-hybridized carbons (Fsp3) is 0.333. The molecule has 0 amide bonds. The Balaban J connectivity index is 2.09. The van der Waals surface area contributed by atoms with Crippen molar-refractivity contribution in [3.8, 4) is 6.01 Å². The van der Waals surface area contributed by atoms with Gasteiger partial charge in [-0.25, -0.2) is 4.98 Å². The Hall–Kier alpha value is -1.96. The number of methoxy groups -OCH3 is 1. The Morgan fingerprint density at radius 3 is 2.76 bits per heavy atom. The molecular formula is C9H12N6OS. The Kier molecular flexibility index (Phi) is 3.66. The number of hydrogen-bond donors (Lipinski definition) is 2. The number of nitrogens with zero attached hydrogens (tertiary/aromatic N) is 4. The lowest BCUT2D eigenvalue weighted by atomic mass is 10.5.